The monoisotopic (exact) mass is 481 g/mol. The molecule has 0 spiro atoms. The summed E-state index contributed by atoms with van der Waals surface area (Å²) in [6.45, 7) is 2.81. The molecule has 5 rings (SSSR count). The fourth-order valence-corrected chi connectivity index (χ4v) is 5.60. The lowest BCUT2D eigenvalue weighted by atomic mass is 10.1. The van der Waals surface area contributed by atoms with Gasteiger partial charge in [-0.25, -0.2) is 9.37 Å². The molecule has 1 saturated heterocycles. The quantitative estimate of drug-likeness (QED) is 0.404. The second-order valence-electron chi connectivity index (χ2n) is 8.61. The molecule has 0 saturated carbocycles. The fraction of sp³-hybridized carbons (Fsp3) is 0.360. The Morgan fingerprint density at radius 2 is 1.97 bits per heavy atom. The molecule has 178 valence electrons. The van der Waals surface area contributed by atoms with Crippen LogP contribution in [0.15, 0.2) is 48.9 Å². The van der Waals surface area contributed by atoms with E-state index in [0.29, 0.717) is 11.3 Å². The Morgan fingerprint density at radius 3 is 2.68 bits per heavy atom. The van der Waals surface area contributed by atoms with Gasteiger partial charge in [0.1, 0.15) is 5.65 Å². The highest BCUT2D eigenvalue weighted by Gasteiger charge is 2.17. The molecule has 4 aromatic rings. The summed E-state index contributed by atoms with van der Waals surface area (Å²) < 4.78 is 34.8. The number of fused-ring (bicyclic) bond motifs is 1. The number of aryl methyl sites for hydroxylation is 2. The van der Waals surface area contributed by atoms with Gasteiger partial charge < -0.3 is 9.64 Å². The smallest absolute Gasteiger partial charge is 0.165 e. The Kier molecular flexibility index (Phi) is 6.47. The number of hydrogen-bond donors (Lipinski definition) is 0. The van der Waals surface area contributed by atoms with Crippen LogP contribution in [-0.2, 0) is 24.3 Å². The van der Waals surface area contributed by atoms with Crippen LogP contribution in [0, 0.1) is 5.82 Å². The minimum absolute atomic E-state index is 0.214. The summed E-state index contributed by atoms with van der Waals surface area (Å²) in [4.78, 5) is 7.33. The molecular formula is C25H28FN5O2S. The van der Waals surface area contributed by atoms with Crippen molar-refractivity contribution in [3.63, 3.8) is 0 Å². The summed E-state index contributed by atoms with van der Waals surface area (Å²) in [5, 5.41) is 5.41. The van der Waals surface area contributed by atoms with Crippen molar-refractivity contribution in [2.75, 3.05) is 38.2 Å². The first kappa shape index (κ1) is 22.7. The zero-order chi connectivity index (χ0) is 23.7. The van der Waals surface area contributed by atoms with E-state index in [1.54, 1.807) is 10.7 Å². The summed E-state index contributed by atoms with van der Waals surface area (Å²) in [7, 11) is 2.69. The molecule has 1 fully saturated rings. The first-order valence-electron chi connectivity index (χ1n) is 11.4. The Morgan fingerprint density at radius 1 is 1.15 bits per heavy atom. The maximum absolute atomic E-state index is 14.3. The average Bonchev–Trinajstić information content (AvgIpc) is 3.43. The lowest BCUT2D eigenvalue weighted by Gasteiger charge is -2.25. The van der Waals surface area contributed by atoms with E-state index < -0.39 is 16.6 Å². The molecule has 9 heteroatoms. The molecule has 0 radical (unpaired) electrons. The van der Waals surface area contributed by atoms with E-state index >= 15 is 0 Å². The summed E-state index contributed by atoms with van der Waals surface area (Å²) >= 11 is 0. The summed E-state index contributed by atoms with van der Waals surface area (Å²) in [6, 6.07) is 8.92. The lowest BCUT2D eigenvalue weighted by Crippen LogP contribution is -2.38. The highest BCUT2D eigenvalue weighted by atomic mass is 32.2. The number of methoxy groups -OCH3 is 1. The maximum Gasteiger partial charge on any atom is 0.165 e. The number of nitrogens with zero attached hydrogens (tertiary/aromatic N) is 5. The average molecular weight is 482 g/mol. The summed E-state index contributed by atoms with van der Waals surface area (Å²) in [5.41, 5.74) is 4.38. The fourth-order valence-electron chi connectivity index (χ4n) is 4.48. The van der Waals surface area contributed by atoms with Gasteiger partial charge in [0.05, 0.1) is 24.7 Å². The number of halogens is 1. The van der Waals surface area contributed by atoms with Gasteiger partial charge in [0, 0.05) is 65.8 Å². The van der Waals surface area contributed by atoms with Crippen molar-refractivity contribution in [1.82, 2.24) is 24.2 Å². The van der Waals surface area contributed by atoms with E-state index in [4.69, 9.17) is 9.72 Å². The highest BCUT2D eigenvalue weighted by Crippen LogP contribution is 2.29. The first-order chi connectivity index (χ1) is 16.5. The predicted octanol–water partition coefficient (Wildman–Crippen LogP) is 3.57. The van der Waals surface area contributed by atoms with Gasteiger partial charge >= 0.3 is 0 Å². The molecule has 0 aliphatic carbocycles. The Hall–Kier alpha value is -3.04. The van der Waals surface area contributed by atoms with Crippen molar-refractivity contribution in [3.8, 4) is 22.7 Å². The molecule has 0 bridgehead atoms. The van der Waals surface area contributed by atoms with Crippen molar-refractivity contribution < 1.29 is 13.3 Å². The molecule has 1 aromatic carbocycles. The van der Waals surface area contributed by atoms with Crippen LogP contribution < -0.4 is 4.74 Å². The first-order valence-corrected chi connectivity index (χ1v) is 12.9. The van der Waals surface area contributed by atoms with Crippen LogP contribution in [0.5, 0.6) is 5.75 Å². The normalized spacial score (nSPS) is 15.3. The zero-order valence-corrected chi connectivity index (χ0v) is 20.2. The molecule has 1 aliphatic rings. The van der Waals surface area contributed by atoms with E-state index in [-0.39, 0.29) is 5.75 Å². The second kappa shape index (κ2) is 9.68. The van der Waals surface area contributed by atoms with E-state index in [0.717, 1.165) is 60.7 Å². The third-order valence-electron chi connectivity index (χ3n) is 6.34. The standard InChI is InChI=1S/C25H28FN5O2S/c1-29-17-20(15-27-29)31-16-19(4-3-9-30-10-12-34(32)13-11-30)21-6-7-23(28-25(21)31)18-5-8-24(33-2)22(26)14-18/h5-8,14-17H,3-4,9-13H2,1-2H3. The third-order valence-corrected chi connectivity index (χ3v) is 7.62. The summed E-state index contributed by atoms with van der Waals surface area (Å²) in [5.74, 6) is 1.36. The van der Waals surface area contributed by atoms with Crippen LogP contribution in [0.2, 0.25) is 0 Å². The van der Waals surface area contributed by atoms with Crippen molar-refractivity contribution in [1.29, 1.82) is 0 Å². The number of ether oxygens (including phenoxy) is 1. The SMILES string of the molecule is COc1ccc(-c2ccc3c(CCCN4CCS(=O)CC4)cn(-c4cnn(C)c4)c3n2)cc1F. The van der Waals surface area contributed by atoms with Gasteiger partial charge in [-0.05, 0) is 55.3 Å². The molecule has 0 N–H and O–H groups in total. The van der Waals surface area contributed by atoms with Crippen molar-refractivity contribution >= 4 is 21.8 Å². The third kappa shape index (κ3) is 4.63. The number of rotatable bonds is 7. The van der Waals surface area contributed by atoms with Crippen LogP contribution in [0.1, 0.15) is 12.0 Å². The van der Waals surface area contributed by atoms with E-state index in [2.05, 4.69) is 26.8 Å². The van der Waals surface area contributed by atoms with E-state index in [1.165, 1.54) is 18.7 Å². The molecule has 0 atom stereocenters. The number of pyridine rings is 1. The molecule has 34 heavy (non-hydrogen) atoms. The predicted molar refractivity (Wildman–Crippen MR) is 132 cm³/mol. The van der Waals surface area contributed by atoms with Crippen LogP contribution >= 0.6 is 0 Å². The van der Waals surface area contributed by atoms with Crippen LogP contribution in [0.3, 0.4) is 0 Å². The maximum atomic E-state index is 14.3. The minimum Gasteiger partial charge on any atom is -0.494 e. The second-order valence-corrected chi connectivity index (χ2v) is 10.3. The van der Waals surface area contributed by atoms with Crippen LogP contribution in [0.4, 0.5) is 4.39 Å². The topological polar surface area (TPSA) is 65.2 Å². The highest BCUT2D eigenvalue weighted by molar-refractivity contribution is 7.85. The molecule has 0 unspecified atom stereocenters. The van der Waals surface area contributed by atoms with E-state index in [1.807, 2.05) is 31.6 Å². The van der Waals surface area contributed by atoms with Gasteiger partial charge in [0.15, 0.2) is 11.6 Å². The molecular weight excluding hydrogens is 453 g/mol. The van der Waals surface area contributed by atoms with Crippen LogP contribution in [-0.4, -0.2) is 66.7 Å². The largest absolute Gasteiger partial charge is 0.494 e. The van der Waals surface area contributed by atoms with Gasteiger partial charge in [-0.1, -0.05) is 0 Å². The van der Waals surface area contributed by atoms with Gasteiger partial charge in [-0.3, -0.25) is 13.5 Å². The minimum atomic E-state index is -0.650. The molecule has 4 heterocycles. The van der Waals surface area contributed by atoms with Gasteiger partial charge in [-0.15, -0.1) is 0 Å². The van der Waals surface area contributed by atoms with Crippen molar-refractivity contribution in [2.24, 2.45) is 7.05 Å². The molecule has 7 nitrogen and oxygen atoms in total. The van der Waals surface area contributed by atoms with Gasteiger partial charge in [0.2, 0.25) is 0 Å². The molecule has 1 aliphatic heterocycles. The summed E-state index contributed by atoms with van der Waals surface area (Å²) in [6.07, 6.45) is 7.85. The van der Waals surface area contributed by atoms with Crippen LogP contribution in [0.25, 0.3) is 28.0 Å². The molecule has 0 amide bonds. The number of benzene rings is 1. The molecule has 3 aromatic heterocycles. The Bertz CT molecular complexity index is 1340. The van der Waals surface area contributed by atoms with Crippen molar-refractivity contribution in [3.05, 3.63) is 60.3 Å². The number of aromatic nitrogens is 4. The van der Waals surface area contributed by atoms with Gasteiger partial charge in [0.25, 0.3) is 0 Å². The Labute approximate surface area is 200 Å². The zero-order valence-electron chi connectivity index (χ0n) is 19.4. The lowest BCUT2D eigenvalue weighted by molar-refractivity contribution is 0.296. The number of hydrogen-bond acceptors (Lipinski definition) is 5. The Balaban J connectivity index is 1.46. The van der Waals surface area contributed by atoms with Gasteiger partial charge in [-0.2, -0.15) is 5.10 Å². The van der Waals surface area contributed by atoms with Crippen molar-refractivity contribution in [2.45, 2.75) is 12.8 Å². The van der Waals surface area contributed by atoms with E-state index in [9.17, 15) is 8.60 Å².